The highest BCUT2D eigenvalue weighted by molar-refractivity contribution is 5.77. The highest BCUT2D eigenvalue weighted by atomic mass is 16.5. The summed E-state index contributed by atoms with van der Waals surface area (Å²) >= 11 is 0. The number of anilines is 1. The Bertz CT molecular complexity index is 606. The van der Waals surface area contributed by atoms with Crippen molar-refractivity contribution in [2.45, 2.75) is 20.3 Å². The van der Waals surface area contributed by atoms with Crippen molar-refractivity contribution in [2.75, 3.05) is 12.3 Å². The highest BCUT2D eigenvalue weighted by Gasteiger charge is 2.17. The summed E-state index contributed by atoms with van der Waals surface area (Å²) in [5, 5.41) is 9.13. The molecule has 0 fully saturated rings. The normalized spacial score (nSPS) is 10.2. The van der Waals surface area contributed by atoms with E-state index in [2.05, 4.69) is 13.0 Å². The predicted molar refractivity (Wildman–Crippen MR) is 73.8 cm³/mol. The van der Waals surface area contributed by atoms with E-state index in [1.165, 1.54) is 0 Å². The fraction of sp³-hybridized carbons (Fsp3) is 0.267. The van der Waals surface area contributed by atoms with Crippen LogP contribution in [-0.4, -0.2) is 6.61 Å². The number of nitrogens with two attached hydrogens (primary N) is 1. The van der Waals surface area contributed by atoms with Crippen LogP contribution in [0.5, 0.6) is 5.75 Å². The summed E-state index contributed by atoms with van der Waals surface area (Å²) in [6.45, 7) is 4.56. The first-order valence-corrected chi connectivity index (χ1v) is 6.19. The summed E-state index contributed by atoms with van der Waals surface area (Å²) in [7, 11) is 0. The molecule has 0 aliphatic carbocycles. The topological polar surface area (TPSA) is 72.2 Å². The van der Waals surface area contributed by atoms with Crippen LogP contribution in [0.3, 0.4) is 0 Å². The van der Waals surface area contributed by atoms with Crippen molar-refractivity contribution < 1.29 is 9.15 Å². The van der Waals surface area contributed by atoms with Crippen LogP contribution in [0.15, 0.2) is 28.7 Å². The van der Waals surface area contributed by atoms with E-state index in [0.29, 0.717) is 17.9 Å². The third-order valence-corrected chi connectivity index (χ3v) is 2.84. The highest BCUT2D eigenvalue weighted by Crippen LogP contribution is 2.34. The van der Waals surface area contributed by atoms with Gasteiger partial charge in [-0.2, -0.15) is 5.26 Å². The average molecular weight is 256 g/mol. The van der Waals surface area contributed by atoms with Crippen molar-refractivity contribution in [1.82, 2.24) is 0 Å². The molecule has 0 amide bonds. The first kappa shape index (κ1) is 13.0. The molecular formula is C15H16N2O2. The summed E-state index contributed by atoms with van der Waals surface area (Å²) in [5.74, 6) is 1.64. The van der Waals surface area contributed by atoms with E-state index >= 15 is 0 Å². The lowest BCUT2D eigenvalue weighted by Crippen LogP contribution is -1.94. The van der Waals surface area contributed by atoms with E-state index in [1.807, 2.05) is 24.3 Å². The molecule has 0 aliphatic rings. The predicted octanol–water partition coefficient (Wildman–Crippen LogP) is 3.50. The molecule has 4 nitrogen and oxygen atoms in total. The Morgan fingerprint density at radius 2 is 2.00 bits per heavy atom. The lowest BCUT2D eigenvalue weighted by Gasteiger charge is -2.05. The number of hydrogen-bond donors (Lipinski definition) is 1. The number of ether oxygens (including phenoxy) is 1. The maximum absolute atomic E-state index is 9.13. The molecule has 4 heteroatoms. The van der Waals surface area contributed by atoms with E-state index in [0.717, 1.165) is 23.3 Å². The Labute approximate surface area is 112 Å². The standard InChI is InChI=1S/C15H16N2O2/c1-3-8-18-12-6-4-11(5-7-12)14-10(2)19-15(17)13(14)9-16/h4-7H,3,8,17H2,1-2H3. The summed E-state index contributed by atoms with van der Waals surface area (Å²) in [5.41, 5.74) is 7.71. The van der Waals surface area contributed by atoms with Gasteiger partial charge >= 0.3 is 0 Å². The van der Waals surface area contributed by atoms with Gasteiger partial charge in [0.2, 0.25) is 5.88 Å². The quantitative estimate of drug-likeness (QED) is 0.908. The van der Waals surface area contributed by atoms with Crippen LogP contribution in [0.2, 0.25) is 0 Å². The molecule has 2 aromatic rings. The van der Waals surface area contributed by atoms with Gasteiger partial charge in [-0.25, -0.2) is 0 Å². The van der Waals surface area contributed by atoms with E-state index in [9.17, 15) is 0 Å². The Morgan fingerprint density at radius 3 is 2.58 bits per heavy atom. The Morgan fingerprint density at radius 1 is 1.32 bits per heavy atom. The molecule has 0 aliphatic heterocycles. The van der Waals surface area contributed by atoms with Crippen molar-refractivity contribution in [3.63, 3.8) is 0 Å². The summed E-state index contributed by atoms with van der Waals surface area (Å²) in [4.78, 5) is 0. The zero-order valence-corrected chi connectivity index (χ0v) is 11.1. The van der Waals surface area contributed by atoms with Gasteiger partial charge in [-0.1, -0.05) is 19.1 Å². The number of aryl methyl sites for hydroxylation is 1. The van der Waals surface area contributed by atoms with Gasteiger partial charge in [0.1, 0.15) is 23.1 Å². The fourth-order valence-corrected chi connectivity index (χ4v) is 1.96. The molecule has 0 atom stereocenters. The van der Waals surface area contributed by atoms with Crippen LogP contribution in [0.1, 0.15) is 24.7 Å². The Hall–Kier alpha value is -2.41. The van der Waals surface area contributed by atoms with E-state index in [1.54, 1.807) is 6.92 Å². The minimum absolute atomic E-state index is 0.168. The summed E-state index contributed by atoms with van der Waals surface area (Å²) in [6.07, 6.45) is 0.970. The van der Waals surface area contributed by atoms with Crippen molar-refractivity contribution in [1.29, 1.82) is 5.26 Å². The largest absolute Gasteiger partial charge is 0.494 e. The maximum atomic E-state index is 9.13. The number of nitrogens with zero attached hydrogens (tertiary/aromatic N) is 1. The van der Waals surface area contributed by atoms with Crippen LogP contribution < -0.4 is 10.5 Å². The molecule has 1 aromatic heterocycles. The zero-order chi connectivity index (χ0) is 13.8. The molecule has 0 bridgehead atoms. The average Bonchev–Trinajstić information content (AvgIpc) is 2.71. The molecule has 1 heterocycles. The van der Waals surface area contributed by atoms with Gasteiger partial charge in [-0.05, 0) is 31.0 Å². The third kappa shape index (κ3) is 2.55. The van der Waals surface area contributed by atoms with Gasteiger partial charge in [0.25, 0.3) is 0 Å². The lowest BCUT2D eigenvalue weighted by molar-refractivity contribution is 0.317. The molecule has 0 radical (unpaired) electrons. The Balaban J connectivity index is 2.35. The minimum atomic E-state index is 0.168. The minimum Gasteiger partial charge on any atom is -0.494 e. The van der Waals surface area contributed by atoms with Crippen LogP contribution in [0, 0.1) is 18.3 Å². The second-order valence-corrected chi connectivity index (χ2v) is 4.26. The SMILES string of the molecule is CCCOc1ccc(-c2c(C)oc(N)c2C#N)cc1. The van der Waals surface area contributed by atoms with Crippen molar-refractivity contribution >= 4 is 5.88 Å². The number of benzene rings is 1. The molecule has 0 saturated carbocycles. The second-order valence-electron chi connectivity index (χ2n) is 4.26. The van der Waals surface area contributed by atoms with Gasteiger partial charge in [0.05, 0.1) is 6.61 Å². The maximum Gasteiger partial charge on any atom is 0.209 e. The molecule has 1 aromatic carbocycles. The van der Waals surface area contributed by atoms with Crippen LogP contribution >= 0.6 is 0 Å². The second kappa shape index (κ2) is 5.49. The van der Waals surface area contributed by atoms with Crippen molar-refractivity contribution in [3.8, 4) is 22.9 Å². The molecule has 98 valence electrons. The number of hydrogen-bond acceptors (Lipinski definition) is 4. The van der Waals surface area contributed by atoms with Crippen LogP contribution in [-0.2, 0) is 0 Å². The van der Waals surface area contributed by atoms with Gasteiger partial charge < -0.3 is 14.9 Å². The first-order chi connectivity index (χ1) is 9.17. The molecule has 2 N–H and O–H groups in total. The number of furan rings is 1. The molecular weight excluding hydrogens is 240 g/mol. The van der Waals surface area contributed by atoms with E-state index < -0.39 is 0 Å². The number of rotatable bonds is 4. The molecule has 2 rings (SSSR count). The molecule has 0 unspecified atom stereocenters. The van der Waals surface area contributed by atoms with Gasteiger partial charge in [-0.3, -0.25) is 0 Å². The number of nitriles is 1. The van der Waals surface area contributed by atoms with Gasteiger partial charge in [0.15, 0.2) is 0 Å². The molecule has 0 saturated heterocycles. The van der Waals surface area contributed by atoms with Crippen molar-refractivity contribution in [2.24, 2.45) is 0 Å². The van der Waals surface area contributed by atoms with Crippen LogP contribution in [0.25, 0.3) is 11.1 Å². The zero-order valence-electron chi connectivity index (χ0n) is 11.1. The fourth-order valence-electron chi connectivity index (χ4n) is 1.96. The third-order valence-electron chi connectivity index (χ3n) is 2.84. The smallest absolute Gasteiger partial charge is 0.209 e. The monoisotopic (exact) mass is 256 g/mol. The lowest BCUT2D eigenvalue weighted by atomic mass is 10.0. The van der Waals surface area contributed by atoms with Crippen molar-refractivity contribution in [3.05, 3.63) is 35.6 Å². The summed E-state index contributed by atoms with van der Waals surface area (Å²) < 4.78 is 10.8. The molecule has 19 heavy (non-hydrogen) atoms. The first-order valence-electron chi connectivity index (χ1n) is 6.19. The van der Waals surface area contributed by atoms with Crippen LogP contribution in [0.4, 0.5) is 5.88 Å². The van der Waals surface area contributed by atoms with Gasteiger partial charge in [0, 0.05) is 5.56 Å². The van der Waals surface area contributed by atoms with Gasteiger partial charge in [-0.15, -0.1) is 0 Å². The Kier molecular flexibility index (Phi) is 3.76. The molecule has 0 spiro atoms. The summed E-state index contributed by atoms with van der Waals surface area (Å²) in [6, 6.07) is 9.66. The van der Waals surface area contributed by atoms with E-state index in [4.69, 9.17) is 20.1 Å². The van der Waals surface area contributed by atoms with E-state index in [-0.39, 0.29) is 5.88 Å². The number of nitrogen functional groups attached to an aromatic ring is 1.